The van der Waals surface area contributed by atoms with Crippen molar-refractivity contribution in [2.24, 2.45) is 0 Å². The standard InChI is InChI=1S/C11H13N3/c1-3-4-14-11-6-10(13)8(2)5-9(11)7-12/h1,5-7,12,14H,4,13H2,2H3. The molecule has 72 valence electrons. The number of rotatable bonds is 3. The summed E-state index contributed by atoms with van der Waals surface area (Å²) in [7, 11) is 0. The maximum Gasteiger partial charge on any atom is 0.0763 e. The Kier molecular flexibility index (Phi) is 3.14. The summed E-state index contributed by atoms with van der Waals surface area (Å²) in [4.78, 5) is 0. The Balaban J connectivity index is 3.08. The second-order valence-corrected chi connectivity index (χ2v) is 3.00. The molecule has 0 bridgehead atoms. The predicted octanol–water partition coefficient (Wildman–Crippen LogP) is 1.62. The van der Waals surface area contributed by atoms with Gasteiger partial charge in [-0.05, 0) is 24.6 Å². The highest BCUT2D eigenvalue weighted by atomic mass is 14.9. The summed E-state index contributed by atoms with van der Waals surface area (Å²) in [6.45, 7) is 2.34. The summed E-state index contributed by atoms with van der Waals surface area (Å²) in [5.41, 5.74) is 9.02. The Morgan fingerprint density at radius 1 is 1.64 bits per heavy atom. The summed E-state index contributed by atoms with van der Waals surface area (Å²) in [5.74, 6) is 2.47. The third kappa shape index (κ3) is 2.05. The molecule has 0 saturated heterocycles. The van der Waals surface area contributed by atoms with Gasteiger partial charge in [-0.2, -0.15) is 0 Å². The molecule has 1 aromatic carbocycles. The van der Waals surface area contributed by atoms with Crippen molar-refractivity contribution in [3.05, 3.63) is 23.3 Å². The smallest absolute Gasteiger partial charge is 0.0763 e. The summed E-state index contributed by atoms with van der Waals surface area (Å²) in [6.07, 6.45) is 6.42. The highest BCUT2D eigenvalue weighted by Gasteiger charge is 2.02. The highest BCUT2D eigenvalue weighted by molar-refractivity contribution is 5.88. The fourth-order valence-electron chi connectivity index (χ4n) is 1.17. The molecule has 0 unspecified atom stereocenters. The number of benzene rings is 1. The van der Waals surface area contributed by atoms with Crippen LogP contribution in [0.1, 0.15) is 11.1 Å². The highest BCUT2D eigenvalue weighted by Crippen LogP contribution is 2.21. The second kappa shape index (κ2) is 4.33. The van der Waals surface area contributed by atoms with Crippen LogP contribution < -0.4 is 11.1 Å². The zero-order valence-electron chi connectivity index (χ0n) is 8.09. The minimum atomic E-state index is 0.434. The van der Waals surface area contributed by atoms with Gasteiger partial charge in [0.05, 0.1) is 6.54 Å². The second-order valence-electron chi connectivity index (χ2n) is 3.00. The van der Waals surface area contributed by atoms with Crippen molar-refractivity contribution in [2.75, 3.05) is 17.6 Å². The summed E-state index contributed by atoms with van der Waals surface area (Å²) in [6, 6.07) is 3.66. The first kappa shape index (κ1) is 10.1. The molecule has 14 heavy (non-hydrogen) atoms. The van der Waals surface area contributed by atoms with Crippen molar-refractivity contribution in [3.8, 4) is 12.3 Å². The SMILES string of the molecule is C#CCNc1cc(N)c(C)cc1C=N. The first-order valence-corrected chi connectivity index (χ1v) is 4.27. The van der Waals surface area contributed by atoms with Crippen LogP contribution >= 0.6 is 0 Å². The van der Waals surface area contributed by atoms with E-state index in [0.717, 1.165) is 16.8 Å². The van der Waals surface area contributed by atoms with Crippen molar-refractivity contribution in [3.63, 3.8) is 0 Å². The van der Waals surface area contributed by atoms with Crippen LogP contribution in [-0.2, 0) is 0 Å². The fraction of sp³-hybridized carbons (Fsp3) is 0.182. The van der Waals surface area contributed by atoms with Crippen LogP contribution in [0.5, 0.6) is 0 Å². The molecule has 0 aliphatic rings. The van der Waals surface area contributed by atoms with Crippen LogP contribution in [0.15, 0.2) is 12.1 Å². The van der Waals surface area contributed by atoms with Gasteiger partial charge < -0.3 is 16.5 Å². The van der Waals surface area contributed by atoms with E-state index < -0.39 is 0 Å². The van der Waals surface area contributed by atoms with Gasteiger partial charge in [0.1, 0.15) is 0 Å². The molecule has 0 heterocycles. The third-order valence-electron chi connectivity index (χ3n) is 1.97. The molecule has 0 atom stereocenters. The molecule has 3 heteroatoms. The number of nitrogens with two attached hydrogens (primary N) is 1. The average Bonchev–Trinajstić information content (AvgIpc) is 2.19. The van der Waals surface area contributed by atoms with E-state index in [1.54, 1.807) is 6.07 Å². The van der Waals surface area contributed by atoms with E-state index in [9.17, 15) is 0 Å². The van der Waals surface area contributed by atoms with Gasteiger partial charge in [-0.1, -0.05) is 5.92 Å². The molecule has 4 N–H and O–H groups in total. The van der Waals surface area contributed by atoms with E-state index in [2.05, 4.69) is 11.2 Å². The first-order valence-electron chi connectivity index (χ1n) is 4.27. The van der Waals surface area contributed by atoms with Crippen LogP contribution in [0.4, 0.5) is 11.4 Å². The number of anilines is 2. The molecular formula is C11H13N3. The van der Waals surface area contributed by atoms with Gasteiger partial charge in [0.2, 0.25) is 0 Å². The fourth-order valence-corrected chi connectivity index (χ4v) is 1.17. The Labute approximate surface area is 83.8 Å². The van der Waals surface area contributed by atoms with Gasteiger partial charge >= 0.3 is 0 Å². The minimum Gasteiger partial charge on any atom is -0.398 e. The Morgan fingerprint density at radius 2 is 2.36 bits per heavy atom. The molecule has 1 rings (SSSR count). The van der Waals surface area contributed by atoms with Crippen LogP contribution in [0.25, 0.3) is 0 Å². The maximum atomic E-state index is 7.23. The van der Waals surface area contributed by atoms with E-state index in [4.69, 9.17) is 17.6 Å². The van der Waals surface area contributed by atoms with E-state index >= 15 is 0 Å². The van der Waals surface area contributed by atoms with Gasteiger partial charge in [-0.15, -0.1) is 6.42 Å². The third-order valence-corrected chi connectivity index (χ3v) is 1.97. The monoisotopic (exact) mass is 187 g/mol. The minimum absolute atomic E-state index is 0.434. The van der Waals surface area contributed by atoms with Crippen LogP contribution in [0.3, 0.4) is 0 Å². The molecule has 0 amide bonds. The van der Waals surface area contributed by atoms with E-state index in [1.165, 1.54) is 6.21 Å². The molecule has 0 radical (unpaired) electrons. The predicted molar refractivity (Wildman–Crippen MR) is 60.8 cm³/mol. The van der Waals surface area contributed by atoms with Gasteiger partial charge in [0.15, 0.2) is 0 Å². The lowest BCUT2D eigenvalue weighted by atomic mass is 10.1. The maximum absolute atomic E-state index is 7.23. The van der Waals surface area contributed by atoms with Gasteiger partial charge in [0, 0.05) is 23.2 Å². The van der Waals surface area contributed by atoms with Gasteiger partial charge in [0.25, 0.3) is 0 Å². The van der Waals surface area contributed by atoms with Crippen LogP contribution in [-0.4, -0.2) is 12.8 Å². The average molecular weight is 187 g/mol. The largest absolute Gasteiger partial charge is 0.398 e. The van der Waals surface area contributed by atoms with E-state index in [0.29, 0.717) is 12.2 Å². The van der Waals surface area contributed by atoms with E-state index in [1.807, 2.05) is 13.0 Å². The summed E-state index contributed by atoms with van der Waals surface area (Å²) in [5, 5.41) is 10.2. The molecule has 1 aromatic rings. The Hall–Kier alpha value is -1.95. The Bertz CT molecular complexity index is 388. The number of aryl methyl sites for hydroxylation is 1. The lowest BCUT2D eigenvalue weighted by Gasteiger charge is -2.09. The van der Waals surface area contributed by atoms with Crippen LogP contribution in [0, 0.1) is 24.7 Å². The van der Waals surface area contributed by atoms with Gasteiger partial charge in [-0.3, -0.25) is 0 Å². The molecule has 0 fully saturated rings. The molecule has 0 aliphatic heterocycles. The molecule has 3 nitrogen and oxygen atoms in total. The molecule has 0 aromatic heterocycles. The molecule has 0 spiro atoms. The topological polar surface area (TPSA) is 61.9 Å². The van der Waals surface area contributed by atoms with Gasteiger partial charge in [-0.25, -0.2) is 0 Å². The lowest BCUT2D eigenvalue weighted by Crippen LogP contribution is -2.03. The summed E-state index contributed by atoms with van der Waals surface area (Å²) < 4.78 is 0. The lowest BCUT2D eigenvalue weighted by molar-refractivity contribution is 1.35. The summed E-state index contributed by atoms with van der Waals surface area (Å²) >= 11 is 0. The number of hydrogen-bond acceptors (Lipinski definition) is 3. The van der Waals surface area contributed by atoms with Crippen molar-refractivity contribution in [1.82, 2.24) is 0 Å². The first-order chi connectivity index (χ1) is 6.69. The quantitative estimate of drug-likeness (QED) is 0.382. The number of nitrogens with one attached hydrogen (secondary N) is 2. The van der Waals surface area contributed by atoms with Crippen molar-refractivity contribution in [1.29, 1.82) is 5.41 Å². The van der Waals surface area contributed by atoms with Crippen molar-refractivity contribution in [2.45, 2.75) is 6.92 Å². The van der Waals surface area contributed by atoms with E-state index in [-0.39, 0.29) is 0 Å². The number of nitrogen functional groups attached to an aromatic ring is 1. The number of hydrogen-bond donors (Lipinski definition) is 3. The zero-order valence-corrected chi connectivity index (χ0v) is 8.09. The number of terminal acetylenes is 1. The van der Waals surface area contributed by atoms with Crippen molar-refractivity contribution >= 4 is 17.6 Å². The molecule has 0 saturated carbocycles. The zero-order chi connectivity index (χ0) is 10.6. The molecule has 0 aliphatic carbocycles. The normalized spacial score (nSPS) is 9.14. The van der Waals surface area contributed by atoms with Crippen molar-refractivity contribution < 1.29 is 0 Å². The van der Waals surface area contributed by atoms with Crippen LogP contribution in [0.2, 0.25) is 0 Å². The Morgan fingerprint density at radius 3 is 2.93 bits per heavy atom. The molecular weight excluding hydrogens is 174 g/mol.